The number of carbonyl (C=O) groups is 1. The fraction of sp³-hybridized carbons (Fsp3) is 0.235. The van der Waals surface area contributed by atoms with Gasteiger partial charge in [0, 0.05) is 18.4 Å². The van der Waals surface area contributed by atoms with Crippen molar-refractivity contribution in [1.29, 1.82) is 0 Å². The van der Waals surface area contributed by atoms with E-state index < -0.39 is 0 Å². The highest BCUT2D eigenvalue weighted by atomic mass is 35.5. The highest BCUT2D eigenvalue weighted by Crippen LogP contribution is 2.30. The van der Waals surface area contributed by atoms with Crippen molar-refractivity contribution in [2.75, 3.05) is 18.4 Å². The van der Waals surface area contributed by atoms with Crippen LogP contribution in [0, 0.1) is 13.8 Å². The zero-order valence-corrected chi connectivity index (χ0v) is 14.8. The van der Waals surface area contributed by atoms with E-state index >= 15 is 0 Å². The van der Waals surface area contributed by atoms with Crippen LogP contribution >= 0.6 is 23.2 Å². The highest BCUT2D eigenvalue weighted by Gasteiger charge is 2.26. The largest absolute Gasteiger partial charge is 0.323 e. The Labute approximate surface area is 150 Å². The van der Waals surface area contributed by atoms with E-state index in [1.165, 1.54) is 0 Å². The maximum atomic E-state index is 12.8. The summed E-state index contributed by atoms with van der Waals surface area (Å²) < 4.78 is 0. The van der Waals surface area contributed by atoms with Crippen molar-refractivity contribution in [1.82, 2.24) is 9.88 Å². The van der Waals surface area contributed by atoms with Gasteiger partial charge in [-0.2, -0.15) is 0 Å². The van der Waals surface area contributed by atoms with Crippen molar-refractivity contribution in [2.45, 2.75) is 13.8 Å². The van der Waals surface area contributed by atoms with Crippen molar-refractivity contribution in [3.8, 4) is 0 Å². The number of nitrogens with one attached hydrogen (secondary N) is 1. The predicted molar refractivity (Wildman–Crippen MR) is 97.1 cm³/mol. The second-order valence-corrected chi connectivity index (χ2v) is 6.32. The van der Waals surface area contributed by atoms with Crippen molar-refractivity contribution in [3.05, 3.63) is 57.3 Å². The summed E-state index contributed by atoms with van der Waals surface area (Å²) in [5.41, 5.74) is 2.95. The summed E-state index contributed by atoms with van der Waals surface area (Å²) in [4.78, 5) is 23.0. The summed E-state index contributed by atoms with van der Waals surface area (Å²) in [5, 5.41) is 4.01. The number of para-hydroxylation sites is 1. The zero-order valence-electron chi connectivity index (χ0n) is 13.3. The molecule has 0 unspecified atom stereocenters. The first kappa shape index (κ1) is 16.7. The van der Waals surface area contributed by atoms with Crippen LogP contribution in [0.1, 0.15) is 21.6 Å². The molecule has 5 nitrogen and oxygen atoms in total. The molecule has 1 N–H and O–H groups in total. The molecule has 1 aliphatic rings. The van der Waals surface area contributed by atoms with Crippen LogP contribution in [0.25, 0.3) is 0 Å². The number of nitrogens with zero attached hydrogens (tertiary/aromatic N) is 3. The first-order valence-corrected chi connectivity index (χ1v) is 8.23. The van der Waals surface area contributed by atoms with Crippen molar-refractivity contribution in [2.24, 2.45) is 4.99 Å². The molecule has 1 amide bonds. The molecule has 1 aliphatic heterocycles. The fourth-order valence-electron chi connectivity index (χ4n) is 2.40. The van der Waals surface area contributed by atoms with E-state index in [1.807, 2.05) is 19.9 Å². The second-order valence-electron chi connectivity index (χ2n) is 5.51. The molecule has 124 valence electrons. The third kappa shape index (κ3) is 3.23. The number of pyridine rings is 1. The number of aliphatic imine (C=N–C) groups is 1. The Morgan fingerprint density at radius 1 is 1.25 bits per heavy atom. The molecule has 2 aromatic rings. The molecule has 3 rings (SSSR count). The van der Waals surface area contributed by atoms with Crippen LogP contribution < -0.4 is 5.32 Å². The molecule has 0 saturated heterocycles. The van der Waals surface area contributed by atoms with Gasteiger partial charge in [0.1, 0.15) is 0 Å². The van der Waals surface area contributed by atoms with Gasteiger partial charge < -0.3 is 5.32 Å². The lowest BCUT2D eigenvalue weighted by Gasteiger charge is -2.20. The minimum Gasteiger partial charge on any atom is -0.323 e. The molecular formula is C17H16Cl2N4O. The minimum atomic E-state index is -0.155. The van der Waals surface area contributed by atoms with E-state index in [9.17, 15) is 4.79 Å². The van der Waals surface area contributed by atoms with Gasteiger partial charge in [-0.25, -0.2) is 0 Å². The number of aryl methyl sites for hydroxylation is 2. The van der Waals surface area contributed by atoms with Crippen LogP contribution in [0.2, 0.25) is 10.0 Å². The SMILES string of the molecule is Cc1cc(C(=O)N2CCN=C2Nc2c(Cl)cccc2Cl)cnc1C. The molecule has 0 spiro atoms. The monoisotopic (exact) mass is 362 g/mol. The third-order valence-corrected chi connectivity index (χ3v) is 4.50. The molecular weight excluding hydrogens is 347 g/mol. The van der Waals surface area contributed by atoms with E-state index in [0.717, 1.165) is 11.3 Å². The Morgan fingerprint density at radius 2 is 1.96 bits per heavy atom. The minimum absolute atomic E-state index is 0.155. The summed E-state index contributed by atoms with van der Waals surface area (Å²) in [5.74, 6) is 0.283. The van der Waals surface area contributed by atoms with Crippen molar-refractivity contribution >= 4 is 40.8 Å². The molecule has 2 heterocycles. The summed E-state index contributed by atoms with van der Waals surface area (Å²) >= 11 is 12.4. The van der Waals surface area contributed by atoms with Crippen LogP contribution in [0.5, 0.6) is 0 Å². The number of anilines is 1. The van der Waals surface area contributed by atoms with Gasteiger partial charge in [0.25, 0.3) is 5.91 Å². The summed E-state index contributed by atoms with van der Waals surface area (Å²) in [6, 6.07) is 7.05. The van der Waals surface area contributed by atoms with Crippen LogP contribution in [-0.4, -0.2) is 34.8 Å². The molecule has 0 radical (unpaired) electrons. The first-order chi connectivity index (χ1) is 11.5. The highest BCUT2D eigenvalue weighted by molar-refractivity contribution is 6.40. The average molecular weight is 363 g/mol. The predicted octanol–water partition coefficient (Wildman–Crippen LogP) is 3.93. The lowest BCUT2D eigenvalue weighted by molar-refractivity contribution is 0.0857. The summed E-state index contributed by atoms with van der Waals surface area (Å²) in [6.45, 7) is 4.86. The van der Waals surface area contributed by atoms with E-state index in [2.05, 4.69) is 15.3 Å². The van der Waals surface area contributed by atoms with Crippen LogP contribution in [0.15, 0.2) is 35.5 Å². The normalized spacial score (nSPS) is 13.8. The standard InChI is InChI=1S/C17H16Cl2N4O/c1-10-8-12(9-21-11(10)2)16(24)23-7-6-20-17(23)22-15-13(18)4-3-5-14(15)19/h3-5,8-9H,6-7H2,1-2H3,(H,20,22). The van der Waals surface area contributed by atoms with Crippen molar-refractivity contribution < 1.29 is 4.79 Å². The molecule has 1 aromatic carbocycles. The first-order valence-electron chi connectivity index (χ1n) is 7.48. The second kappa shape index (κ2) is 6.79. The fourth-order valence-corrected chi connectivity index (χ4v) is 2.89. The number of rotatable bonds is 2. The molecule has 0 fully saturated rings. The van der Waals surface area contributed by atoms with Gasteiger partial charge in [0.15, 0.2) is 0 Å². The maximum Gasteiger partial charge on any atom is 0.262 e. The van der Waals surface area contributed by atoms with Crippen molar-refractivity contribution in [3.63, 3.8) is 0 Å². The third-order valence-electron chi connectivity index (χ3n) is 3.87. The Balaban J connectivity index is 1.85. The Hall–Kier alpha value is -2.11. The molecule has 0 aliphatic carbocycles. The molecule has 7 heteroatoms. The Bertz CT molecular complexity index is 815. The number of carbonyl (C=O) groups excluding carboxylic acids is 1. The maximum absolute atomic E-state index is 12.8. The van der Waals surface area contributed by atoms with Crippen LogP contribution in [0.3, 0.4) is 0 Å². The summed E-state index contributed by atoms with van der Waals surface area (Å²) in [7, 11) is 0. The molecule has 0 saturated carbocycles. The van der Waals surface area contributed by atoms with Crippen LogP contribution in [0.4, 0.5) is 5.69 Å². The Morgan fingerprint density at radius 3 is 2.62 bits per heavy atom. The molecule has 0 bridgehead atoms. The number of benzene rings is 1. The van der Waals surface area contributed by atoms with Gasteiger partial charge in [0.2, 0.25) is 5.96 Å². The van der Waals surface area contributed by atoms with Gasteiger partial charge in [0.05, 0.1) is 27.8 Å². The van der Waals surface area contributed by atoms with E-state index in [-0.39, 0.29) is 5.91 Å². The summed E-state index contributed by atoms with van der Waals surface area (Å²) in [6.07, 6.45) is 1.59. The smallest absolute Gasteiger partial charge is 0.262 e. The number of halogens is 2. The van der Waals surface area contributed by atoms with Gasteiger partial charge in [-0.3, -0.25) is 19.7 Å². The molecule has 1 aromatic heterocycles. The number of guanidine groups is 1. The van der Waals surface area contributed by atoms with E-state index in [1.54, 1.807) is 29.3 Å². The molecule has 0 atom stereocenters. The van der Waals surface area contributed by atoms with Gasteiger partial charge in [-0.05, 0) is 37.6 Å². The van der Waals surface area contributed by atoms with E-state index in [4.69, 9.17) is 23.2 Å². The molecule has 24 heavy (non-hydrogen) atoms. The number of hydrogen-bond donors (Lipinski definition) is 1. The average Bonchev–Trinajstić information content (AvgIpc) is 3.01. The van der Waals surface area contributed by atoms with Gasteiger partial charge in [-0.15, -0.1) is 0 Å². The topological polar surface area (TPSA) is 57.6 Å². The van der Waals surface area contributed by atoms with E-state index in [0.29, 0.717) is 40.3 Å². The quantitative estimate of drug-likeness (QED) is 0.880. The zero-order chi connectivity index (χ0) is 17.3. The Kier molecular flexibility index (Phi) is 4.73. The number of hydrogen-bond acceptors (Lipinski definition) is 4. The van der Waals surface area contributed by atoms with Gasteiger partial charge in [-0.1, -0.05) is 29.3 Å². The number of aromatic nitrogens is 1. The van der Waals surface area contributed by atoms with Gasteiger partial charge >= 0.3 is 0 Å². The number of amides is 1. The lowest BCUT2D eigenvalue weighted by atomic mass is 10.1. The van der Waals surface area contributed by atoms with Crippen LogP contribution in [-0.2, 0) is 0 Å². The lowest BCUT2D eigenvalue weighted by Crippen LogP contribution is -2.38.